The molecule has 114 valence electrons. The van der Waals surface area contributed by atoms with E-state index in [-0.39, 0.29) is 16.6 Å². The van der Waals surface area contributed by atoms with Crippen LogP contribution in [-0.4, -0.2) is 31.6 Å². The van der Waals surface area contributed by atoms with Crippen LogP contribution in [-0.2, 0) is 14.3 Å². The summed E-state index contributed by atoms with van der Waals surface area (Å²) in [7, 11) is 0.887. The lowest BCUT2D eigenvalue weighted by atomic mass is 10.2. The van der Waals surface area contributed by atoms with Crippen molar-refractivity contribution in [1.29, 1.82) is 0 Å². The number of benzene rings is 1. The molecule has 0 bridgehead atoms. The van der Waals surface area contributed by atoms with E-state index in [0.717, 1.165) is 7.11 Å². The molecule has 7 heteroatoms. The fourth-order valence-corrected chi connectivity index (χ4v) is 1.97. The Hall–Kier alpha value is -1.51. The van der Waals surface area contributed by atoms with Gasteiger partial charge in [0, 0.05) is 12.5 Å². The largest absolute Gasteiger partial charge is 0.464 e. The number of hydrogen-bond donors (Lipinski definition) is 0. The van der Waals surface area contributed by atoms with Crippen molar-refractivity contribution in [3.05, 3.63) is 45.6 Å². The van der Waals surface area contributed by atoms with E-state index in [2.05, 4.69) is 4.74 Å². The van der Waals surface area contributed by atoms with E-state index in [1.54, 1.807) is 52.9 Å². The van der Waals surface area contributed by atoms with Crippen molar-refractivity contribution in [2.24, 2.45) is 0 Å². The molecule has 0 saturated heterocycles. The van der Waals surface area contributed by atoms with Gasteiger partial charge in [-0.25, -0.2) is 9.59 Å². The van der Waals surface area contributed by atoms with E-state index in [9.17, 15) is 18.4 Å². The molecule has 0 aromatic heterocycles. The minimum atomic E-state index is -3.69. The molecule has 0 N–H and O–H groups in total. The van der Waals surface area contributed by atoms with Gasteiger partial charge in [0.2, 0.25) is 0 Å². The Morgan fingerprint density at radius 3 is 2.48 bits per heavy atom. The van der Waals surface area contributed by atoms with Crippen molar-refractivity contribution in [3.63, 3.8) is 0 Å². The molecule has 0 unspecified atom stereocenters. The molecule has 0 heterocycles. The van der Waals surface area contributed by atoms with Crippen LogP contribution in [0.4, 0.5) is 8.78 Å². The third-order valence-corrected chi connectivity index (χ3v) is 3.23. The maximum atomic E-state index is 13.3. The Morgan fingerprint density at radius 2 is 1.90 bits per heavy atom. The summed E-state index contributed by atoms with van der Waals surface area (Å²) < 4.78 is 35.7. The zero-order chi connectivity index (χ0) is 15.9. The van der Waals surface area contributed by atoms with Crippen LogP contribution in [0.1, 0.15) is 16.8 Å². The number of carbonyl (C=O) groups is 2. The Morgan fingerprint density at radius 1 is 1.29 bits per heavy atom. The predicted molar refractivity (Wildman–Crippen MR) is 80.4 cm³/mol. The van der Waals surface area contributed by atoms with E-state index in [1.165, 1.54) is 0 Å². The van der Waals surface area contributed by atoms with Crippen LogP contribution < -0.4 is 0 Å². The fourth-order valence-electron chi connectivity index (χ4n) is 1.36. The second kappa shape index (κ2) is 8.06. The van der Waals surface area contributed by atoms with Crippen LogP contribution in [0.15, 0.2) is 40.0 Å². The van der Waals surface area contributed by atoms with E-state index in [1.807, 2.05) is 0 Å². The maximum absolute atomic E-state index is 13.3. The summed E-state index contributed by atoms with van der Waals surface area (Å²) in [5.74, 6) is -5.84. The number of carbonyl (C=O) groups excluding carboxylic acids is 2. The molecule has 0 spiro atoms. The maximum Gasteiger partial charge on any atom is 0.381 e. The lowest BCUT2D eigenvalue weighted by Gasteiger charge is -2.10. The number of methoxy groups -OCH3 is 1. The Balaban J connectivity index is 2.49. The minimum absolute atomic E-state index is 0.0558. The lowest BCUT2D eigenvalue weighted by Crippen LogP contribution is -2.27. The molecule has 0 aliphatic rings. The molecule has 0 saturated carbocycles. The number of hydrogen-bond acceptors (Lipinski definition) is 4. The van der Waals surface area contributed by atoms with Crippen LogP contribution in [0.2, 0.25) is 0 Å². The van der Waals surface area contributed by atoms with Crippen LogP contribution in [0.3, 0.4) is 0 Å². The monoisotopic (exact) mass is 410 g/mol. The summed E-state index contributed by atoms with van der Waals surface area (Å²) in [6.07, 6.45) is 0.585. The normalized spacial score (nSPS) is 11.9. The summed E-state index contributed by atoms with van der Waals surface area (Å²) >= 11 is 1.66. The van der Waals surface area contributed by atoms with E-state index < -0.39 is 17.9 Å². The Kier molecular flexibility index (Phi) is 6.73. The molecule has 0 fully saturated rings. The van der Waals surface area contributed by atoms with Gasteiger partial charge in [-0.1, -0.05) is 18.2 Å². The molecule has 1 rings (SSSR count). The number of halogens is 3. The summed E-state index contributed by atoms with van der Waals surface area (Å²) in [4.78, 5) is 22.4. The van der Waals surface area contributed by atoms with Crippen molar-refractivity contribution >= 4 is 34.5 Å². The Bertz CT molecular complexity index is 529. The summed E-state index contributed by atoms with van der Waals surface area (Å²) in [6, 6.07) is 8.33. The van der Waals surface area contributed by atoms with Crippen molar-refractivity contribution < 1.29 is 27.8 Å². The van der Waals surface area contributed by atoms with Crippen LogP contribution in [0.5, 0.6) is 0 Å². The van der Waals surface area contributed by atoms with Gasteiger partial charge >= 0.3 is 17.9 Å². The summed E-state index contributed by atoms with van der Waals surface area (Å²) in [5, 5.41) is 0. The molecule has 21 heavy (non-hydrogen) atoms. The van der Waals surface area contributed by atoms with E-state index in [0.29, 0.717) is 11.6 Å². The second-order valence-electron chi connectivity index (χ2n) is 3.96. The van der Waals surface area contributed by atoms with Gasteiger partial charge in [-0.05, 0) is 38.3 Å². The third-order valence-electron chi connectivity index (χ3n) is 2.38. The van der Waals surface area contributed by atoms with Crippen molar-refractivity contribution in [3.8, 4) is 0 Å². The van der Waals surface area contributed by atoms with Gasteiger partial charge in [-0.15, -0.1) is 0 Å². The average molecular weight is 410 g/mol. The molecule has 1 aromatic carbocycles. The van der Waals surface area contributed by atoms with Gasteiger partial charge in [0.05, 0.1) is 19.3 Å². The average Bonchev–Trinajstić information content (AvgIpc) is 2.46. The van der Waals surface area contributed by atoms with Gasteiger partial charge in [-0.3, -0.25) is 0 Å². The lowest BCUT2D eigenvalue weighted by molar-refractivity contribution is -0.161. The minimum Gasteiger partial charge on any atom is -0.464 e. The van der Waals surface area contributed by atoms with Gasteiger partial charge in [0.25, 0.3) is 0 Å². The molecule has 0 atom stereocenters. The first-order chi connectivity index (χ1) is 9.86. The molecule has 1 aromatic rings. The van der Waals surface area contributed by atoms with Crippen LogP contribution in [0, 0.1) is 0 Å². The molecule has 0 aliphatic carbocycles. The van der Waals surface area contributed by atoms with E-state index >= 15 is 0 Å². The van der Waals surface area contributed by atoms with Crippen LogP contribution >= 0.6 is 22.6 Å². The van der Waals surface area contributed by atoms with Gasteiger partial charge in [0.1, 0.15) is 0 Å². The highest BCUT2D eigenvalue weighted by Crippen LogP contribution is 2.23. The first-order valence-electron chi connectivity index (χ1n) is 5.92. The smallest absolute Gasteiger partial charge is 0.381 e. The van der Waals surface area contributed by atoms with E-state index in [4.69, 9.17) is 4.74 Å². The molecular formula is C14H13F2IO4. The highest BCUT2D eigenvalue weighted by Gasteiger charge is 2.37. The number of ether oxygens (including phenoxy) is 2. The van der Waals surface area contributed by atoms with Crippen molar-refractivity contribution in [2.75, 3.05) is 13.7 Å². The highest BCUT2D eigenvalue weighted by molar-refractivity contribution is 14.1. The number of alkyl halides is 2. The summed E-state index contributed by atoms with van der Waals surface area (Å²) in [6.45, 7) is -0.0558. The zero-order valence-corrected chi connectivity index (χ0v) is 13.3. The van der Waals surface area contributed by atoms with Gasteiger partial charge in [-0.2, -0.15) is 8.78 Å². The first-order valence-corrected chi connectivity index (χ1v) is 7.00. The molecular weight excluding hydrogens is 397 g/mol. The van der Waals surface area contributed by atoms with Crippen molar-refractivity contribution in [1.82, 2.24) is 0 Å². The number of rotatable bonds is 6. The fraction of sp³-hybridized carbons (Fsp3) is 0.286. The summed E-state index contributed by atoms with van der Waals surface area (Å²) in [5.41, 5.74) is 0.386. The zero-order valence-electron chi connectivity index (χ0n) is 11.1. The van der Waals surface area contributed by atoms with Crippen LogP contribution in [0.25, 0.3) is 0 Å². The topological polar surface area (TPSA) is 52.6 Å². The molecule has 0 amide bonds. The molecule has 0 radical (unpaired) electrons. The standard InChI is InChI=1S/C14H13F2IO4/c1-20-13(19)14(15,16)9-11(17)7-8-21-12(18)10-5-3-2-4-6-10/h2-6,9H,7-8H2,1H3/b11-9-. The van der Waals surface area contributed by atoms with Crippen molar-refractivity contribution in [2.45, 2.75) is 12.3 Å². The Labute approximate surface area is 134 Å². The van der Waals surface area contributed by atoms with Gasteiger partial charge in [0.15, 0.2) is 0 Å². The SMILES string of the molecule is COC(=O)C(F)(F)/C=C(\I)CCOC(=O)c1ccccc1. The predicted octanol–water partition coefficient (Wildman–Crippen LogP) is 3.36. The van der Waals surface area contributed by atoms with Gasteiger partial charge < -0.3 is 9.47 Å². The molecule has 0 aliphatic heterocycles. The highest BCUT2D eigenvalue weighted by atomic mass is 127. The number of esters is 2. The first kappa shape index (κ1) is 17.5. The second-order valence-corrected chi connectivity index (χ2v) is 5.34. The third kappa shape index (κ3) is 5.78. The molecule has 4 nitrogen and oxygen atoms in total. The quantitative estimate of drug-likeness (QED) is 0.533.